The topological polar surface area (TPSA) is 80.9 Å². The minimum Gasteiger partial charge on any atom is -0.394 e. The van der Waals surface area contributed by atoms with E-state index in [1.807, 2.05) is 0 Å². The Morgan fingerprint density at radius 2 is 1.80 bits per heavy atom. The highest BCUT2D eigenvalue weighted by molar-refractivity contribution is 4.87. The van der Waals surface area contributed by atoms with E-state index >= 15 is 0 Å². The second kappa shape index (κ2) is 4.40. The Morgan fingerprint density at radius 3 is 2.10 bits per heavy atom. The zero-order chi connectivity index (χ0) is 8.15. The number of hydrogen-bond acceptors (Lipinski definition) is 4. The van der Waals surface area contributed by atoms with E-state index in [-0.39, 0.29) is 0 Å². The summed E-state index contributed by atoms with van der Waals surface area (Å²) >= 11 is 0. The van der Waals surface area contributed by atoms with Crippen LogP contribution in [0, 0.1) is 0 Å². The fourth-order valence-electron chi connectivity index (χ4n) is 0.475. The zero-order valence-corrected chi connectivity index (χ0v) is 5.51. The van der Waals surface area contributed by atoms with E-state index in [4.69, 9.17) is 20.4 Å². The van der Waals surface area contributed by atoms with Gasteiger partial charge in [0.2, 0.25) is 0 Å². The molecule has 4 heteroatoms. The molecular weight excluding hydrogens is 136 g/mol. The molecule has 0 aliphatic rings. The maximum atomic E-state index is 8.85. The van der Waals surface area contributed by atoms with Gasteiger partial charge in [0, 0.05) is 0 Å². The maximum absolute atomic E-state index is 8.85. The highest BCUT2D eigenvalue weighted by Gasteiger charge is 2.20. The summed E-state index contributed by atoms with van der Waals surface area (Å²) in [5, 5.41) is 34.7. The van der Waals surface area contributed by atoms with Gasteiger partial charge in [-0.1, -0.05) is 6.08 Å². The quantitative estimate of drug-likeness (QED) is 0.356. The SMILES string of the molecule is C=C[C@@H](O)[C@H](O)C(O)CO. The van der Waals surface area contributed by atoms with E-state index in [2.05, 4.69) is 6.58 Å². The molecule has 0 spiro atoms. The van der Waals surface area contributed by atoms with Crippen molar-refractivity contribution in [2.24, 2.45) is 0 Å². The summed E-state index contributed by atoms with van der Waals surface area (Å²) in [4.78, 5) is 0. The molecule has 0 aliphatic heterocycles. The number of hydrogen-bond donors (Lipinski definition) is 4. The lowest BCUT2D eigenvalue weighted by atomic mass is 10.1. The minimum absolute atomic E-state index is 0.577. The van der Waals surface area contributed by atoms with Crippen LogP contribution in [0.3, 0.4) is 0 Å². The first-order chi connectivity index (χ1) is 4.63. The summed E-state index contributed by atoms with van der Waals surface area (Å²) in [6.07, 6.45) is -2.78. The van der Waals surface area contributed by atoms with Crippen LogP contribution in [-0.2, 0) is 0 Å². The molecule has 0 bridgehead atoms. The molecule has 0 aromatic rings. The smallest absolute Gasteiger partial charge is 0.112 e. The monoisotopic (exact) mass is 148 g/mol. The van der Waals surface area contributed by atoms with Crippen molar-refractivity contribution in [2.75, 3.05) is 6.61 Å². The lowest BCUT2D eigenvalue weighted by Gasteiger charge is -2.18. The molecule has 60 valence electrons. The Labute approximate surface area is 59.1 Å². The fraction of sp³-hybridized carbons (Fsp3) is 0.667. The Hall–Kier alpha value is -0.420. The van der Waals surface area contributed by atoms with Crippen LogP contribution in [0.2, 0.25) is 0 Å². The number of aliphatic hydroxyl groups is 4. The van der Waals surface area contributed by atoms with Gasteiger partial charge < -0.3 is 20.4 Å². The van der Waals surface area contributed by atoms with Crippen molar-refractivity contribution in [3.05, 3.63) is 12.7 Å². The molecule has 0 fully saturated rings. The highest BCUT2D eigenvalue weighted by Crippen LogP contribution is 1.99. The Bertz CT molecular complexity index is 104. The Morgan fingerprint density at radius 1 is 1.30 bits per heavy atom. The van der Waals surface area contributed by atoms with Crippen LogP contribution in [0.15, 0.2) is 12.7 Å². The van der Waals surface area contributed by atoms with Crippen molar-refractivity contribution in [1.82, 2.24) is 0 Å². The summed E-state index contributed by atoms with van der Waals surface area (Å²) in [6, 6.07) is 0. The van der Waals surface area contributed by atoms with Gasteiger partial charge in [0.15, 0.2) is 0 Å². The van der Waals surface area contributed by atoms with E-state index in [1.165, 1.54) is 0 Å². The van der Waals surface area contributed by atoms with Gasteiger partial charge in [0.1, 0.15) is 18.3 Å². The molecular formula is C6H12O4. The normalized spacial score (nSPS) is 19.6. The minimum atomic E-state index is -1.36. The van der Waals surface area contributed by atoms with Crippen LogP contribution < -0.4 is 0 Å². The second-order valence-electron chi connectivity index (χ2n) is 1.97. The van der Waals surface area contributed by atoms with Crippen LogP contribution in [0.4, 0.5) is 0 Å². The summed E-state index contributed by atoms with van der Waals surface area (Å²) in [5.74, 6) is 0. The molecule has 0 rings (SSSR count). The van der Waals surface area contributed by atoms with Gasteiger partial charge in [0.05, 0.1) is 6.61 Å². The summed E-state index contributed by atoms with van der Waals surface area (Å²) in [6.45, 7) is 2.62. The van der Waals surface area contributed by atoms with Gasteiger partial charge in [0.25, 0.3) is 0 Å². The van der Waals surface area contributed by atoms with Gasteiger partial charge in [-0.15, -0.1) is 6.58 Å². The fourth-order valence-corrected chi connectivity index (χ4v) is 0.475. The van der Waals surface area contributed by atoms with E-state index in [0.29, 0.717) is 0 Å². The van der Waals surface area contributed by atoms with Gasteiger partial charge in [-0.2, -0.15) is 0 Å². The number of rotatable bonds is 4. The van der Waals surface area contributed by atoms with Crippen LogP contribution in [-0.4, -0.2) is 45.3 Å². The first kappa shape index (κ1) is 9.58. The van der Waals surface area contributed by atoms with Crippen molar-refractivity contribution in [2.45, 2.75) is 18.3 Å². The first-order valence-electron chi connectivity index (χ1n) is 2.91. The van der Waals surface area contributed by atoms with E-state index in [9.17, 15) is 0 Å². The summed E-state index contributed by atoms with van der Waals surface area (Å²) in [5.41, 5.74) is 0. The molecule has 0 aromatic heterocycles. The molecule has 4 nitrogen and oxygen atoms in total. The summed E-state index contributed by atoms with van der Waals surface area (Å²) in [7, 11) is 0. The molecule has 0 saturated heterocycles. The lowest BCUT2D eigenvalue weighted by molar-refractivity contribution is -0.0609. The van der Waals surface area contributed by atoms with E-state index in [0.717, 1.165) is 6.08 Å². The molecule has 10 heavy (non-hydrogen) atoms. The highest BCUT2D eigenvalue weighted by atomic mass is 16.4. The Balaban J connectivity index is 3.80. The predicted molar refractivity (Wildman–Crippen MR) is 35.3 cm³/mol. The number of aliphatic hydroxyl groups excluding tert-OH is 4. The Kier molecular flexibility index (Phi) is 4.22. The van der Waals surface area contributed by atoms with Crippen LogP contribution in [0.1, 0.15) is 0 Å². The van der Waals surface area contributed by atoms with Crippen LogP contribution in [0.25, 0.3) is 0 Å². The molecule has 0 aliphatic carbocycles. The molecule has 0 radical (unpaired) electrons. The summed E-state index contributed by atoms with van der Waals surface area (Å²) < 4.78 is 0. The molecule has 1 unspecified atom stereocenters. The van der Waals surface area contributed by atoms with Crippen molar-refractivity contribution >= 4 is 0 Å². The standard InChI is InChI=1S/C6H12O4/c1-2-4(8)6(10)5(9)3-7/h2,4-10H,1,3H2/t4-,5?,6+/m1/s1. The molecule has 0 amide bonds. The molecule has 3 atom stereocenters. The van der Waals surface area contributed by atoms with Crippen LogP contribution in [0.5, 0.6) is 0 Å². The average molecular weight is 148 g/mol. The molecule has 0 aromatic carbocycles. The van der Waals surface area contributed by atoms with Gasteiger partial charge in [-0.25, -0.2) is 0 Å². The maximum Gasteiger partial charge on any atom is 0.112 e. The largest absolute Gasteiger partial charge is 0.394 e. The average Bonchev–Trinajstić information content (AvgIpc) is 2.00. The van der Waals surface area contributed by atoms with Gasteiger partial charge in [-0.05, 0) is 0 Å². The van der Waals surface area contributed by atoms with Crippen molar-refractivity contribution in [1.29, 1.82) is 0 Å². The van der Waals surface area contributed by atoms with Crippen molar-refractivity contribution < 1.29 is 20.4 Å². The van der Waals surface area contributed by atoms with Crippen molar-refractivity contribution in [3.8, 4) is 0 Å². The third-order valence-corrected chi connectivity index (χ3v) is 1.17. The lowest BCUT2D eigenvalue weighted by Crippen LogP contribution is -2.38. The van der Waals surface area contributed by atoms with E-state index in [1.54, 1.807) is 0 Å². The molecule has 0 heterocycles. The second-order valence-corrected chi connectivity index (χ2v) is 1.97. The molecule has 4 N–H and O–H groups in total. The first-order valence-corrected chi connectivity index (χ1v) is 2.91. The van der Waals surface area contributed by atoms with Crippen LogP contribution >= 0.6 is 0 Å². The predicted octanol–water partition coefficient (Wildman–Crippen LogP) is -1.75. The van der Waals surface area contributed by atoms with Gasteiger partial charge >= 0.3 is 0 Å². The molecule has 0 saturated carbocycles. The zero-order valence-electron chi connectivity index (χ0n) is 5.51. The van der Waals surface area contributed by atoms with E-state index < -0.39 is 24.9 Å². The third-order valence-electron chi connectivity index (χ3n) is 1.17. The van der Waals surface area contributed by atoms with Gasteiger partial charge in [-0.3, -0.25) is 0 Å². The van der Waals surface area contributed by atoms with Crippen molar-refractivity contribution in [3.63, 3.8) is 0 Å². The third kappa shape index (κ3) is 2.45.